The third-order valence-corrected chi connectivity index (χ3v) is 6.90. The van der Waals surface area contributed by atoms with Crippen LogP contribution in [0.15, 0.2) is 30.5 Å². The van der Waals surface area contributed by atoms with Gasteiger partial charge in [0.25, 0.3) is 0 Å². The lowest BCUT2D eigenvalue weighted by molar-refractivity contribution is 0.0455. The molecule has 9 heteroatoms. The zero-order valence-electron chi connectivity index (χ0n) is 20.5. The fourth-order valence-corrected chi connectivity index (χ4v) is 4.61. The van der Waals surface area contributed by atoms with Crippen molar-refractivity contribution in [3.05, 3.63) is 35.5 Å². The first-order valence-electron chi connectivity index (χ1n) is 12.4. The third-order valence-electron chi connectivity index (χ3n) is 6.60. The molecule has 1 unspecified atom stereocenters. The molecule has 2 aromatic heterocycles. The summed E-state index contributed by atoms with van der Waals surface area (Å²) in [5, 5.41) is 25.5. The van der Waals surface area contributed by atoms with Crippen LogP contribution < -0.4 is 16.4 Å². The molecule has 1 aliphatic heterocycles. The van der Waals surface area contributed by atoms with Crippen molar-refractivity contribution in [2.75, 3.05) is 37.4 Å². The predicted octanol–water partition coefficient (Wildman–Crippen LogP) is 4.40. The van der Waals surface area contributed by atoms with Crippen LogP contribution in [0.2, 0.25) is 5.02 Å². The van der Waals surface area contributed by atoms with E-state index in [2.05, 4.69) is 26.7 Å². The molecule has 0 spiro atoms. The number of aromatic nitrogens is 2. The molecular formula is C26H37ClN6O2. The summed E-state index contributed by atoms with van der Waals surface area (Å²) < 4.78 is 5.35. The highest BCUT2D eigenvalue weighted by Gasteiger charge is 2.32. The first-order valence-corrected chi connectivity index (χ1v) is 12.8. The van der Waals surface area contributed by atoms with Crippen molar-refractivity contribution in [2.24, 2.45) is 5.41 Å². The number of rotatable bonds is 7. The maximum atomic E-state index is 9.51. The van der Waals surface area contributed by atoms with E-state index in [0.717, 1.165) is 18.4 Å². The molecule has 0 aromatic carbocycles. The second-order valence-corrected chi connectivity index (χ2v) is 9.85. The average Bonchev–Trinajstić information content (AvgIpc) is 2.90. The van der Waals surface area contributed by atoms with Crippen molar-refractivity contribution in [1.29, 1.82) is 5.26 Å². The molecule has 2 aliphatic rings. The Hall–Kier alpha value is -2.44. The second-order valence-electron chi connectivity index (χ2n) is 9.44. The van der Waals surface area contributed by atoms with Crippen molar-refractivity contribution in [2.45, 2.75) is 64.0 Å². The summed E-state index contributed by atoms with van der Waals surface area (Å²) in [4.78, 5) is 8.53. The van der Waals surface area contributed by atoms with E-state index < -0.39 is 5.41 Å². The molecule has 1 saturated heterocycles. The van der Waals surface area contributed by atoms with E-state index in [0.29, 0.717) is 48.2 Å². The Kier molecular flexibility index (Phi) is 10.5. The Morgan fingerprint density at radius 2 is 2.03 bits per heavy atom. The largest absolute Gasteiger partial charge is 0.395 e. The number of hydrogen-bond donors (Lipinski definition) is 4. The van der Waals surface area contributed by atoms with Gasteiger partial charge in [-0.25, -0.2) is 9.97 Å². The van der Waals surface area contributed by atoms with Crippen molar-refractivity contribution in [3.8, 4) is 17.3 Å². The highest BCUT2D eigenvalue weighted by molar-refractivity contribution is 6.33. The second kappa shape index (κ2) is 13.6. The van der Waals surface area contributed by atoms with Gasteiger partial charge in [0.15, 0.2) is 0 Å². The molecule has 4 rings (SSSR count). The number of aliphatic hydroxyl groups excluding tert-OH is 1. The highest BCUT2D eigenvalue weighted by atomic mass is 35.5. The number of hydrogen-bond acceptors (Lipinski definition) is 8. The number of nitrogen functional groups attached to an aromatic ring is 1. The van der Waals surface area contributed by atoms with Gasteiger partial charge < -0.3 is 26.2 Å². The van der Waals surface area contributed by atoms with Crippen molar-refractivity contribution < 1.29 is 9.84 Å². The van der Waals surface area contributed by atoms with Crippen LogP contribution in [-0.4, -0.2) is 53.5 Å². The van der Waals surface area contributed by atoms with Gasteiger partial charge in [-0.15, -0.1) is 0 Å². The number of aliphatic hydroxyl groups is 1. The summed E-state index contributed by atoms with van der Waals surface area (Å²) in [6.45, 7) is 4.07. The summed E-state index contributed by atoms with van der Waals surface area (Å²) in [5.74, 6) is 1.08. The average molecular weight is 501 g/mol. The lowest BCUT2D eigenvalue weighted by atomic mass is 9.82. The predicted molar refractivity (Wildman–Crippen MR) is 140 cm³/mol. The number of halogens is 1. The van der Waals surface area contributed by atoms with Gasteiger partial charge in [0.1, 0.15) is 11.6 Å². The Morgan fingerprint density at radius 3 is 2.71 bits per heavy atom. The van der Waals surface area contributed by atoms with E-state index in [9.17, 15) is 5.26 Å². The number of pyridine rings is 2. The number of anilines is 2. The van der Waals surface area contributed by atoms with Gasteiger partial charge in [-0.1, -0.05) is 36.9 Å². The number of nitrogens with zero attached hydrogens (tertiary/aromatic N) is 3. The number of ether oxygens (including phenoxy) is 1. The summed E-state index contributed by atoms with van der Waals surface area (Å²) >= 11 is 6.19. The molecule has 3 heterocycles. The topological polar surface area (TPSA) is 129 Å². The van der Waals surface area contributed by atoms with E-state index >= 15 is 0 Å². The van der Waals surface area contributed by atoms with Crippen molar-refractivity contribution in [3.63, 3.8) is 0 Å². The van der Waals surface area contributed by atoms with Crippen LogP contribution >= 0.6 is 11.6 Å². The molecule has 0 amide bonds. The number of nitrogens with one attached hydrogen (secondary N) is 2. The zero-order chi connectivity index (χ0) is 25.1. The molecule has 190 valence electrons. The van der Waals surface area contributed by atoms with Gasteiger partial charge in [-0.05, 0) is 50.8 Å². The fraction of sp³-hybridized carbons (Fsp3) is 0.577. The third kappa shape index (κ3) is 8.32. The maximum Gasteiger partial charge on any atom is 0.126 e. The highest BCUT2D eigenvalue weighted by Crippen LogP contribution is 2.31. The van der Waals surface area contributed by atoms with Gasteiger partial charge in [-0.2, -0.15) is 5.26 Å². The minimum atomic E-state index is -0.408. The molecule has 35 heavy (non-hydrogen) atoms. The van der Waals surface area contributed by atoms with Crippen molar-refractivity contribution in [1.82, 2.24) is 15.3 Å². The zero-order valence-corrected chi connectivity index (χ0v) is 21.2. The van der Waals surface area contributed by atoms with E-state index in [4.69, 9.17) is 27.2 Å². The monoisotopic (exact) mass is 500 g/mol. The lowest BCUT2D eigenvalue weighted by Gasteiger charge is -2.30. The van der Waals surface area contributed by atoms with Crippen LogP contribution in [-0.2, 0) is 4.74 Å². The molecule has 2 aromatic rings. The van der Waals surface area contributed by atoms with E-state index in [1.807, 2.05) is 25.1 Å². The first kappa shape index (κ1) is 27.2. The van der Waals surface area contributed by atoms with E-state index in [1.54, 1.807) is 6.07 Å². The van der Waals surface area contributed by atoms with Crippen LogP contribution in [0.25, 0.3) is 11.3 Å². The number of nitrogens with two attached hydrogens (primary N) is 1. The molecule has 0 bridgehead atoms. The van der Waals surface area contributed by atoms with Crippen LogP contribution in [0.1, 0.15) is 51.9 Å². The van der Waals surface area contributed by atoms with E-state index in [-0.39, 0.29) is 12.6 Å². The minimum absolute atomic E-state index is 0.260. The Bertz CT molecular complexity index is 971. The Labute approximate surface area is 213 Å². The summed E-state index contributed by atoms with van der Waals surface area (Å²) in [5.41, 5.74) is 6.76. The smallest absolute Gasteiger partial charge is 0.126 e. The molecule has 1 atom stereocenters. The van der Waals surface area contributed by atoms with Gasteiger partial charge in [0.05, 0.1) is 28.8 Å². The summed E-state index contributed by atoms with van der Waals surface area (Å²) in [6.07, 6.45) is 9.67. The maximum absolute atomic E-state index is 9.51. The molecule has 1 saturated carbocycles. The van der Waals surface area contributed by atoms with Crippen molar-refractivity contribution >= 4 is 23.2 Å². The number of nitriles is 1. The quantitative estimate of drug-likeness (QED) is 0.440. The molecule has 8 nitrogen and oxygen atoms in total. The minimum Gasteiger partial charge on any atom is -0.395 e. The van der Waals surface area contributed by atoms with Crippen LogP contribution in [0.5, 0.6) is 0 Å². The molecule has 2 fully saturated rings. The lowest BCUT2D eigenvalue weighted by Crippen LogP contribution is -2.39. The van der Waals surface area contributed by atoms with Crippen LogP contribution in [0.3, 0.4) is 0 Å². The van der Waals surface area contributed by atoms with Crippen LogP contribution in [0, 0.1) is 16.7 Å². The van der Waals surface area contributed by atoms with Gasteiger partial charge >= 0.3 is 0 Å². The Balaban J connectivity index is 0.000000261. The molecule has 1 aliphatic carbocycles. The molecule has 0 radical (unpaired) electrons. The molecular weight excluding hydrogens is 464 g/mol. The van der Waals surface area contributed by atoms with Crippen LogP contribution in [0.4, 0.5) is 11.6 Å². The first-order chi connectivity index (χ1) is 16.9. The van der Waals surface area contributed by atoms with E-state index in [1.165, 1.54) is 38.3 Å². The van der Waals surface area contributed by atoms with Gasteiger partial charge in [-0.3, -0.25) is 0 Å². The van der Waals surface area contributed by atoms with Gasteiger partial charge in [0, 0.05) is 43.6 Å². The molecule has 5 N–H and O–H groups in total. The fourth-order valence-electron chi connectivity index (χ4n) is 4.41. The SMILES string of the molecule is CC(CO)NC1CCCCC1.N#CC1(CNc2cccc(-c3cc(N)ncc3Cl)n2)CCOCC1. The normalized spacial score (nSPS) is 18.6. The summed E-state index contributed by atoms with van der Waals surface area (Å²) in [7, 11) is 0. The summed E-state index contributed by atoms with van der Waals surface area (Å²) in [6, 6.07) is 10.7. The van der Waals surface area contributed by atoms with Gasteiger partial charge in [0.2, 0.25) is 0 Å². The standard InChI is InChI=1S/C17H18ClN5O.C9H19NO/c18-13-9-21-15(20)8-12(13)14-2-1-3-16(23-14)22-11-17(10-19)4-6-24-7-5-17;1-8(7-11)10-9-5-3-2-4-6-9/h1-3,8-9H,4-7,11H2,(H2,20,21)(H,22,23);8-11H,2-7H2,1H3. The Morgan fingerprint density at radius 1 is 1.29 bits per heavy atom.